The molecule has 0 aromatic carbocycles. The van der Waals surface area contributed by atoms with Gasteiger partial charge in [-0.2, -0.15) is 0 Å². The highest BCUT2D eigenvalue weighted by molar-refractivity contribution is 5.81. The van der Waals surface area contributed by atoms with Crippen LogP contribution in [0.4, 0.5) is 0 Å². The topological polar surface area (TPSA) is 76.5 Å². The lowest BCUT2D eigenvalue weighted by Crippen LogP contribution is -2.55. The van der Waals surface area contributed by atoms with Gasteiger partial charge in [0.1, 0.15) is 11.9 Å². The summed E-state index contributed by atoms with van der Waals surface area (Å²) < 4.78 is 7.39. The number of carbonyl (C=O) groups excluding carboxylic acids is 2. The van der Waals surface area contributed by atoms with Crippen molar-refractivity contribution in [3.8, 4) is 0 Å². The van der Waals surface area contributed by atoms with Gasteiger partial charge >= 0.3 is 0 Å². The van der Waals surface area contributed by atoms with Crippen molar-refractivity contribution >= 4 is 11.8 Å². The van der Waals surface area contributed by atoms with Gasteiger partial charge in [-0.3, -0.25) is 9.59 Å². The summed E-state index contributed by atoms with van der Waals surface area (Å²) in [4.78, 5) is 32.4. The maximum Gasteiger partial charge on any atom is 0.245 e. The van der Waals surface area contributed by atoms with E-state index in [-0.39, 0.29) is 35.7 Å². The molecule has 0 spiro atoms. The lowest BCUT2D eigenvalue weighted by molar-refractivity contribution is -0.137. The van der Waals surface area contributed by atoms with Gasteiger partial charge in [0.05, 0.1) is 0 Å². The largest absolute Gasteiger partial charge is 0.381 e. The van der Waals surface area contributed by atoms with Gasteiger partial charge in [-0.15, -0.1) is 0 Å². The van der Waals surface area contributed by atoms with Crippen LogP contribution in [0.1, 0.15) is 64.2 Å². The molecule has 1 aromatic rings. The minimum atomic E-state index is -0.248. The van der Waals surface area contributed by atoms with Crippen molar-refractivity contribution in [2.24, 2.45) is 17.8 Å². The second-order valence-electron chi connectivity index (χ2n) is 9.29. The van der Waals surface area contributed by atoms with Crippen LogP contribution in [0.3, 0.4) is 0 Å². The van der Waals surface area contributed by atoms with E-state index < -0.39 is 0 Å². The van der Waals surface area contributed by atoms with E-state index in [1.54, 1.807) is 6.20 Å². The summed E-state index contributed by atoms with van der Waals surface area (Å²) in [5.74, 6) is 2.38. The molecular weight excluding hydrogens is 368 g/mol. The SMILES string of the molecule is CC(C)c1nccn1C(C)C(=O)N1C[C@H]2CC[C@@H](C1)C2NC(=O)C1CCOCC1. The molecule has 4 rings (SSSR count). The van der Waals surface area contributed by atoms with Gasteiger partial charge in [-0.05, 0) is 44.4 Å². The summed E-state index contributed by atoms with van der Waals surface area (Å²) >= 11 is 0. The van der Waals surface area contributed by atoms with Crippen molar-refractivity contribution in [2.45, 2.75) is 64.5 Å². The zero-order chi connectivity index (χ0) is 20.5. The highest BCUT2D eigenvalue weighted by Gasteiger charge is 2.45. The van der Waals surface area contributed by atoms with Crippen molar-refractivity contribution in [2.75, 3.05) is 26.3 Å². The number of hydrogen-bond acceptors (Lipinski definition) is 4. The number of aromatic nitrogens is 2. The quantitative estimate of drug-likeness (QED) is 0.820. The minimum Gasteiger partial charge on any atom is -0.381 e. The van der Waals surface area contributed by atoms with E-state index in [0.29, 0.717) is 25.0 Å². The monoisotopic (exact) mass is 402 g/mol. The van der Waals surface area contributed by atoms with E-state index in [2.05, 4.69) is 24.1 Å². The van der Waals surface area contributed by atoms with Gasteiger partial charge in [0.2, 0.25) is 11.8 Å². The third-order valence-corrected chi connectivity index (χ3v) is 7.04. The molecule has 1 saturated carbocycles. The lowest BCUT2D eigenvalue weighted by atomic mass is 9.90. The summed E-state index contributed by atoms with van der Waals surface area (Å²) in [7, 11) is 0. The van der Waals surface area contributed by atoms with Gasteiger partial charge in [0, 0.05) is 56.6 Å². The summed E-state index contributed by atoms with van der Waals surface area (Å²) in [5.41, 5.74) is 0. The van der Waals surface area contributed by atoms with Gasteiger partial charge in [-0.25, -0.2) is 4.98 Å². The Morgan fingerprint density at radius 3 is 2.38 bits per heavy atom. The number of carbonyl (C=O) groups is 2. The standard InChI is InChI=1S/C22H34N4O3/c1-14(2)20-23-8-9-26(20)15(3)22(28)25-12-17-4-5-18(13-25)19(17)24-21(27)16-6-10-29-11-7-16/h8-9,14-19H,4-7,10-13H2,1-3H3,(H,24,27)/t15?,17-,18+,19?. The molecule has 3 heterocycles. The Bertz CT molecular complexity index is 726. The van der Waals surface area contributed by atoms with Crippen LogP contribution in [0.25, 0.3) is 0 Å². The van der Waals surface area contributed by atoms with Crippen molar-refractivity contribution < 1.29 is 14.3 Å². The van der Waals surface area contributed by atoms with Crippen LogP contribution in [0.2, 0.25) is 0 Å². The third kappa shape index (κ3) is 4.06. The van der Waals surface area contributed by atoms with Crippen LogP contribution < -0.4 is 5.32 Å². The van der Waals surface area contributed by atoms with E-state index in [4.69, 9.17) is 4.74 Å². The van der Waals surface area contributed by atoms with Crippen molar-refractivity contribution in [1.82, 2.24) is 19.8 Å². The first-order valence-electron chi connectivity index (χ1n) is 11.1. The Morgan fingerprint density at radius 1 is 1.10 bits per heavy atom. The van der Waals surface area contributed by atoms with E-state index in [9.17, 15) is 9.59 Å². The fraction of sp³-hybridized carbons (Fsp3) is 0.773. The number of nitrogens with one attached hydrogen (secondary N) is 1. The van der Waals surface area contributed by atoms with Crippen LogP contribution in [-0.4, -0.2) is 58.6 Å². The zero-order valence-corrected chi connectivity index (χ0v) is 17.8. The molecule has 1 aliphatic carbocycles. The molecular formula is C22H34N4O3. The molecule has 7 nitrogen and oxygen atoms in total. The predicted molar refractivity (Wildman–Crippen MR) is 109 cm³/mol. The molecule has 29 heavy (non-hydrogen) atoms. The van der Waals surface area contributed by atoms with Crippen molar-refractivity contribution in [3.63, 3.8) is 0 Å². The Kier molecular flexibility index (Phi) is 5.95. The molecule has 2 saturated heterocycles. The minimum absolute atomic E-state index is 0.0820. The van der Waals surface area contributed by atoms with Crippen LogP contribution in [0.15, 0.2) is 12.4 Å². The van der Waals surface area contributed by atoms with Crippen molar-refractivity contribution in [3.05, 3.63) is 18.2 Å². The molecule has 4 atom stereocenters. The fourth-order valence-corrected chi connectivity index (χ4v) is 5.36. The Hall–Kier alpha value is -1.89. The van der Waals surface area contributed by atoms with Gasteiger partial charge < -0.3 is 19.5 Å². The number of fused-ring (bicyclic) bond motifs is 2. The second-order valence-corrected chi connectivity index (χ2v) is 9.29. The highest BCUT2D eigenvalue weighted by atomic mass is 16.5. The molecule has 0 radical (unpaired) electrons. The number of imidazole rings is 1. The number of ether oxygens (including phenoxy) is 1. The molecule has 2 aliphatic heterocycles. The molecule has 3 aliphatic rings. The molecule has 7 heteroatoms. The predicted octanol–water partition coefficient (Wildman–Crippen LogP) is 2.35. The highest BCUT2D eigenvalue weighted by Crippen LogP contribution is 2.38. The first kappa shape index (κ1) is 20.4. The van der Waals surface area contributed by atoms with E-state index in [1.807, 2.05) is 22.6 Å². The number of hydrogen-bond donors (Lipinski definition) is 1. The van der Waals surface area contributed by atoms with Gasteiger partial charge in [-0.1, -0.05) is 13.8 Å². The molecule has 1 aromatic heterocycles. The second kappa shape index (κ2) is 8.46. The third-order valence-electron chi connectivity index (χ3n) is 7.04. The number of rotatable bonds is 5. The average molecular weight is 403 g/mol. The molecule has 2 unspecified atom stereocenters. The number of likely N-dealkylation sites (tertiary alicyclic amines) is 1. The Labute approximate surface area is 173 Å². The Balaban J connectivity index is 1.38. The normalized spacial score (nSPS) is 28.6. The molecule has 2 amide bonds. The van der Waals surface area contributed by atoms with Gasteiger partial charge in [0.15, 0.2) is 0 Å². The average Bonchev–Trinajstić information content (AvgIpc) is 3.29. The fourth-order valence-electron chi connectivity index (χ4n) is 5.36. The number of amides is 2. The summed E-state index contributed by atoms with van der Waals surface area (Å²) in [6, 6.07) is -0.0353. The number of nitrogens with zero attached hydrogens (tertiary/aromatic N) is 3. The van der Waals surface area contributed by atoms with Crippen LogP contribution in [0, 0.1) is 17.8 Å². The maximum atomic E-state index is 13.2. The summed E-state index contributed by atoms with van der Waals surface area (Å²) in [6.45, 7) is 9.02. The van der Waals surface area contributed by atoms with Crippen LogP contribution in [-0.2, 0) is 14.3 Å². The molecule has 2 bridgehead atoms. The molecule has 3 fully saturated rings. The lowest BCUT2D eigenvalue weighted by Gasteiger charge is -2.40. The summed E-state index contributed by atoms with van der Waals surface area (Å²) in [6.07, 6.45) is 7.50. The van der Waals surface area contributed by atoms with E-state index in [0.717, 1.165) is 44.6 Å². The van der Waals surface area contributed by atoms with Crippen LogP contribution >= 0.6 is 0 Å². The van der Waals surface area contributed by atoms with Gasteiger partial charge in [0.25, 0.3) is 0 Å². The number of piperidine rings is 1. The molecule has 1 N–H and O–H groups in total. The van der Waals surface area contributed by atoms with Crippen molar-refractivity contribution in [1.29, 1.82) is 0 Å². The first-order chi connectivity index (χ1) is 14.0. The maximum absolute atomic E-state index is 13.2. The smallest absolute Gasteiger partial charge is 0.245 e. The Morgan fingerprint density at radius 2 is 1.76 bits per heavy atom. The first-order valence-corrected chi connectivity index (χ1v) is 11.1. The van der Waals surface area contributed by atoms with E-state index in [1.165, 1.54) is 0 Å². The van der Waals surface area contributed by atoms with Crippen LogP contribution in [0.5, 0.6) is 0 Å². The molecule has 160 valence electrons. The summed E-state index contributed by atoms with van der Waals surface area (Å²) in [5, 5.41) is 3.34. The van der Waals surface area contributed by atoms with E-state index >= 15 is 0 Å². The zero-order valence-electron chi connectivity index (χ0n) is 17.8.